The molecule has 1 aromatic heterocycles. The smallest absolute Gasteiger partial charge is 0.132 e. The summed E-state index contributed by atoms with van der Waals surface area (Å²) in [6, 6.07) is 11.6. The highest BCUT2D eigenvalue weighted by atomic mass is 35.5. The van der Waals surface area contributed by atoms with Crippen LogP contribution in [-0.2, 0) is 5.60 Å². The van der Waals surface area contributed by atoms with Crippen LogP contribution in [0, 0.1) is 23.0 Å². The number of hydrogen-bond donors (Lipinski definition) is 2. The molecule has 2 aromatic carbocycles. The normalized spacial score (nSPS) is 13.2. The number of aliphatic hydroxyl groups is 1. The van der Waals surface area contributed by atoms with Crippen molar-refractivity contribution in [2.45, 2.75) is 12.5 Å². The highest BCUT2D eigenvalue weighted by Gasteiger charge is 2.27. The molecule has 132 valence electrons. The van der Waals surface area contributed by atoms with Crippen LogP contribution in [-0.4, -0.2) is 16.6 Å². The molecule has 0 aliphatic rings. The van der Waals surface area contributed by atoms with Crippen molar-refractivity contribution in [1.82, 2.24) is 4.98 Å². The number of rotatable bonds is 4. The second-order valence-corrected chi connectivity index (χ2v) is 6.52. The maximum absolute atomic E-state index is 13.9. The number of aromatic nitrogens is 1. The summed E-state index contributed by atoms with van der Waals surface area (Å²) in [5.74, 6) is -1.21. The number of benzene rings is 2. The van der Waals surface area contributed by atoms with Crippen LogP contribution in [0.3, 0.4) is 0 Å². The van der Waals surface area contributed by atoms with Gasteiger partial charge in [0.05, 0.1) is 17.1 Å². The first kappa shape index (κ1) is 18.1. The minimum atomic E-state index is -1.61. The predicted octanol–water partition coefficient (Wildman–Crippen LogP) is 4.36. The fraction of sp³-hybridized carbons (Fsp3) is 0.158. The van der Waals surface area contributed by atoms with Gasteiger partial charge in [-0.3, -0.25) is 0 Å². The van der Waals surface area contributed by atoms with Crippen LogP contribution >= 0.6 is 11.6 Å². The molecule has 0 amide bonds. The zero-order chi connectivity index (χ0) is 18.9. The molecular weight excluding hydrogens is 360 g/mol. The topological polar surface area (TPSA) is 68.9 Å². The molecule has 0 bridgehead atoms. The lowest BCUT2D eigenvalue weighted by Crippen LogP contribution is -2.32. The van der Waals surface area contributed by atoms with Gasteiger partial charge in [-0.1, -0.05) is 17.7 Å². The van der Waals surface area contributed by atoms with E-state index in [-0.39, 0.29) is 12.1 Å². The van der Waals surface area contributed by atoms with Gasteiger partial charge in [0, 0.05) is 28.6 Å². The van der Waals surface area contributed by atoms with Gasteiger partial charge in [0.1, 0.15) is 23.1 Å². The van der Waals surface area contributed by atoms with Crippen LogP contribution in [0.25, 0.3) is 10.9 Å². The minimum Gasteiger partial charge on any atom is -0.383 e. The van der Waals surface area contributed by atoms with Crippen LogP contribution in [0.1, 0.15) is 18.1 Å². The molecule has 0 saturated carbocycles. The van der Waals surface area contributed by atoms with E-state index in [9.17, 15) is 19.1 Å². The number of anilines is 1. The van der Waals surface area contributed by atoms with E-state index in [1.54, 1.807) is 18.2 Å². The molecular formula is C19H14ClF2N3O. The van der Waals surface area contributed by atoms with Gasteiger partial charge in [0.15, 0.2) is 0 Å². The zero-order valence-corrected chi connectivity index (χ0v) is 14.5. The van der Waals surface area contributed by atoms with Crippen molar-refractivity contribution in [2.24, 2.45) is 0 Å². The molecule has 2 N–H and O–H groups in total. The lowest BCUT2D eigenvalue weighted by Gasteiger charge is -2.25. The van der Waals surface area contributed by atoms with E-state index in [1.807, 2.05) is 0 Å². The first-order valence-electron chi connectivity index (χ1n) is 7.72. The van der Waals surface area contributed by atoms with Crippen molar-refractivity contribution in [3.8, 4) is 6.07 Å². The molecule has 1 unspecified atom stereocenters. The Balaban J connectivity index is 1.89. The maximum atomic E-state index is 13.9. The van der Waals surface area contributed by atoms with Gasteiger partial charge in [0.2, 0.25) is 0 Å². The molecule has 0 saturated heterocycles. The summed E-state index contributed by atoms with van der Waals surface area (Å²) < 4.78 is 27.0. The Labute approximate surface area is 153 Å². The van der Waals surface area contributed by atoms with E-state index in [4.69, 9.17) is 11.6 Å². The van der Waals surface area contributed by atoms with Crippen LogP contribution in [0.5, 0.6) is 0 Å². The fourth-order valence-corrected chi connectivity index (χ4v) is 2.84. The van der Waals surface area contributed by atoms with Crippen LogP contribution < -0.4 is 5.32 Å². The van der Waals surface area contributed by atoms with Gasteiger partial charge < -0.3 is 10.4 Å². The van der Waals surface area contributed by atoms with E-state index < -0.39 is 17.2 Å². The number of hydrogen-bond acceptors (Lipinski definition) is 4. The van der Waals surface area contributed by atoms with Gasteiger partial charge >= 0.3 is 0 Å². The van der Waals surface area contributed by atoms with Crippen LogP contribution in [0.15, 0.2) is 42.5 Å². The summed E-state index contributed by atoms with van der Waals surface area (Å²) in [6.07, 6.45) is 0. The average Bonchev–Trinajstić information content (AvgIpc) is 2.59. The maximum Gasteiger partial charge on any atom is 0.132 e. The standard InChI is InChI=1S/C19H14ClF2N3O/c1-19(26,15-4-3-13(21)8-16(15)22)10-24-18-6-11(9-23)14-7-12(20)2-5-17(14)25-18/h2-8,26H,10H2,1H3,(H,24,25). The first-order chi connectivity index (χ1) is 12.3. The Morgan fingerprint density at radius 3 is 2.69 bits per heavy atom. The van der Waals surface area contributed by atoms with Gasteiger partial charge in [-0.2, -0.15) is 5.26 Å². The number of halogens is 3. The van der Waals surface area contributed by atoms with Gasteiger partial charge in [-0.15, -0.1) is 0 Å². The monoisotopic (exact) mass is 373 g/mol. The minimum absolute atomic E-state index is 0.0422. The molecule has 0 fully saturated rings. The number of nitrogens with one attached hydrogen (secondary N) is 1. The first-order valence-corrected chi connectivity index (χ1v) is 8.10. The van der Waals surface area contributed by atoms with Gasteiger partial charge in [-0.25, -0.2) is 13.8 Å². The third kappa shape index (κ3) is 3.59. The zero-order valence-electron chi connectivity index (χ0n) is 13.7. The Morgan fingerprint density at radius 2 is 2.00 bits per heavy atom. The second kappa shape index (κ2) is 6.87. The Morgan fingerprint density at radius 1 is 1.23 bits per heavy atom. The molecule has 3 rings (SSSR count). The largest absolute Gasteiger partial charge is 0.383 e. The summed E-state index contributed by atoms with van der Waals surface area (Å²) in [5.41, 5.74) is -0.725. The second-order valence-electron chi connectivity index (χ2n) is 6.08. The molecule has 0 radical (unpaired) electrons. The highest BCUT2D eigenvalue weighted by molar-refractivity contribution is 6.31. The summed E-state index contributed by atoms with van der Waals surface area (Å²) in [7, 11) is 0. The number of pyridine rings is 1. The van der Waals surface area contributed by atoms with Gasteiger partial charge in [-0.05, 0) is 37.3 Å². The van der Waals surface area contributed by atoms with E-state index in [0.717, 1.165) is 12.1 Å². The van der Waals surface area contributed by atoms with Crippen molar-refractivity contribution in [1.29, 1.82) is 5.26 Å². The third-order valence-electron chi connectivity index (χ3n) is 4.02. The van der Waals surface area contributed by atoms with Crippen LogP contribution in [0.2, 0.25) is 5.02 Å². The van der Waals surface area contributed by atoms with Crippen molar-refractivity contribution < 1.29 is 13.9 Å². The molecule has 7 heteroatoms. The summed E-state index contributed by atoms with van der Waals surface area (Å²) in [5, 5.41) is 23.9. The average molecular weight is 374 g/mol. The summed E-state index contributed by atoms with van der Waals surface area (Å²) in [4.78, 5) is 4.37. The number of nitrogens with zero attached hydrogens (tertiary/aromatic N) is 2. The summed E-state index contributed by atoms with van der Waals surface area (Å²) >= 11 is 5.95. The molecule has 0 spiro atoms. The van der Waals surface area contributed by atoms with E-state index in [0.29, 0.717) is 27.3 Å². The fourth-order valence-electron chi connectivity index (χ4n) is 2.67. The van der Waals surface area contributed by atoms with E-state index in [2.05, 4.69) is 16.4 Å². The van der Waals surface area contributed by atoms with Gasteiger partial charge in [0.25, 0.3) is 0 Å². The SMILES string of the molecule is CC(O)(CNc1cc(C#N)c2cc(Cl)ccc2n1)c1ccc(F)cc1F. The lowest BCUT2D eigenvalue weighted by atomic mass is 9.95. The van der Waals surface area contributed by atoms with Crippen molar-refractivity contribution in [3.05, 3.63) is 70.2 Å². The van der Waals surface area contributed by atoms with E-state index >= 15 is 0 Å². The quantitative estimate of drug-likeness (QED) is 0.713. The van der Waals surface area contributed by atoms with Crippen molar-refractivity contribution in [3.63, 3.8) is 0 Å². The molecule has 0 aliphatic heterocycles. The lowest BCUT2D eigenvalue weighted by molar-refractivity contribution is 0.0674. The Bertz CT molecular complexity index is 1030. The third-order valence-corrected chi connectivity index (χ3v) is 4.25. The molecule has 0 aliphatic carbocycles. The molecule has 1 heterocycles. The molecule has 26 heavy (non-hydrogen) atoms. The Hall–Kier alpha value is -2.75. The number of fused-ring (bicyclic) bond motifs is 1. The molecule has 1 atom stereocenters. The molecule has 4 nitrogen and oxygen atoms in total. The number of nitriles is 1. The van der Waals surface area contributed by atoms with Crippen LogP contribution in [0.4, 0.5) is 14.6 Å². The van der Waals surface area contributed by atoms with E-state index in [1.165, 1.54) is 19.1 Å². The molecule has 3 aromatic rings. The summed E-state index contributed by atoms with van der Waals surface area (Å²) in [6.45, 7) is 1.31. The van der Waals surface area contributed by atoms with Crippen molar-refractivity contribution >= 4 is 28.3 Å². The van der Waals surface area contributed by atoms with Crippen molar-refractivity contribution in [2.75, 3.05) is 11.9 Å². The predicted molar refractivity (Wildman–Crippen MR) is 95.9 cm³/mol. The highest BCUT2D eigenvalue weighted by Crippen LogP contribution is 2.27. The Kier molecular flexibility index (Phi) is 4.77.